The number of pyridine rings is 1. The highest BCUT2D eigenvalue weighted by atomic mass is 19.1. The van der Waals surface area contributed by atoms with Crippen LogP contribution in [-0.2, 0) is 24.4 Å². The van der Waals surface area contributed by atoms with Gasteiger partial charge in [-0.2, -0.15) is 0 Å². The number of hydrogen-bond acceptors (Lipinski definition) is 3. The summed E-state index contributed by atoms with van der Waals surface area (Å²) in [6, 6.07) is 19.8. The van der Waals surface area contributed by atoms with Crippen molar-refractivity contribution in [1.29, 1.82) is 0 Å². The van der Waals surface area contributed by atoms with Crippen LogP contribution in [0.15, 0.2) is 72.9 Å². The summed E-state index contributed by atoms with van der Waals surface area (Å²) >= 11 is 0. The number of halogens is 1. The van der Waals surface area contributed by atoms with Gasteiger partial charge in [-0.15, -0.1) is 0 Å². The number of aryl methyl sites for hydroxylation is 1. The summed E-state index contributed by atoms with van der Waals surface area (Å²) in [7, 11) is 0. The van der Waals surface area contributed by atoms with Crippen LogP contribution in [0, 0.1) is 5.82 Å². The second kappa shape index (κ2) is 9.48. The molecular formula is C22H21FN2O2. The molecule has 3 rings (SSSR count). The Kier molecular flexibility index (Phi) is 6.52. The van der Waals surface area contributed by atoms with E-state index in [1.807, 2.05) is 48.5 Å². The molecular weight excluding hydrogens is 343 g/mol. The molecule has 0 unspecified atom stereocenters. The van der Waals surface area contributed by atoms with Crippen molar-refractivity contribution in [3.63, 3.8) is 0 Å². The van der Waals surface area contributed by atoms with Gasteiger partial charge in [-0.1, -0.05) is 42.5 Å². The molecule has 138 valence electrons. The zero-order chi connectivity index (χ0) is 18.9. The number of benzene rings is 2. The van der Waals surface area contributed by atoms with Gasteiger partial charge in [0, 0.05) is 25.2 Å². The lowest BCUT2D eigenvalue weighted by Crippen LogP contribution is -2.23. The van der Waals surface area contributed by atoms with Crippen LogP contribution in [0.25, 0.3) is 0 Å². The predicted octanol–water partition coefficient (Wildman–Crippen LogP) is 4.05. The number of hydrogen-bond donors (Lipinski definition) is 1. The van der Waals surface area contributed by atoms with Crippen molar-refractivity contribution >= 4 is 5.91 Å². The molecule has 4 nitrogen and oxygen atoms in total. The highest BCUT2D eigenvalue weighted by molar-refractivity contribution is 5.76. The summed E-state index contributed by atoms with van der Waals surface area (Å²) < 4.78 is 18.8. The Morgan fingerprint density at radius 1 is 0.963 bits per heavy atom. The molecule has 1 aromatic heterocycles. The summed E-state index contributed by atoms with van der Waals surface area (Å²) in [6.07, 6.45) is 2.48. The molecule has 0 bridgehead atoms. The van der Waals surface area contributed by atoms with Gasteiger partial charge in [0.25, 0.3) is 0 Å². The molecule has 1 amide bonds. The van der Waals surface area contributed by atoms with E-state index in [9.17, 15) is 9.18 Å². The van der Waals surface area contributed by atoms with Crippen molar-refractivity contribution in [2.24, 2.45) is 0 Å². The summed E-state index contributed by atoms with van der Waals surface area (Å²) in [5.74, 6) is 0.154. The van der Waals surface area contributed by atoms with Gasteiger partial charge in [0.2, 0.25) is 11.8 Å². The van der Waals surface area contributed by atoms with Crippen LogP contribution < -0.4 is 10.1 Å². The lowest BCUT2D eigenvalue weighted by molar-refractivity contribution is -0.121. The quantitative estimate of drug-likeness (QED) is 0.656. The molecule has 0 aliphatic carbocycles. The van der Waals surface area contributed by atoms with Gasteiger partial charge in [0.05, 0.1) is 0 Å². The molecule has 5 heteroatoms. The Labute approximate surface area is 158 Å². The summed E-state index contributed by atoms with van der Waals surface area (Å²) in [5, 5.41) is 2.87. The first-order valence-electron chi connectivity index (χ1n) is 8.82. The molecule has 0 saturated carbocycles. The third-order valence-electron chi connectivity index (χ3n) is 4.05. The molecule has 0 aliphatic heterocycles. The second-order valence-electron chi connectivity index (χ2n) is 6.18. The molecule has 0 fully saturated rings. The Morgan fingerprint density at radius 3 is 2.59 bits per heavy atom. The van der Waals surface area contributed by atoms with E-state index >= 15 is 0 Å². The van der Waals surface area contributed by atoms with E-state index in [4.69, 9.17) is 4.74 Å². The van der Waals surface area contributed by atoms with Crippen LogP contribution in [-0.4, -0.2) is 10.9 Å². The normalized spacial score (nSPS) is 10.4. The second-order valence-corrected chi connectivity index (χ2v) is 6.18. The Hall–Kier alpha value is -3.21. The fraction of sp³-hybridized carbons (Fsp3) is 0.182. The van der Waals surface area contributed by atoms with E-state index in [2.05, 4.69) is 10.3 Å². The van der Waals surface area contributed by atoms with Crippen molar-refractivity contribution in [2.45, 2.75) is 26.0 Å². The van der Waals surface area contributed by atoms with Gasteiger partial charge < -0.3 is 10.1 Å². The molecule has 1 N–H and O–H groups in total. The van der Waals surface area contributed by atoms with E-state index in [0.717, 1.165) is 16.7 Å². The van der Waals surface area contributed by atoms with E-state index in [0.29, 0.717) is 31.9 Å². The Balaban J connectivity index is 1.45. The first-order valence-corrected chi connectivity index (χ1v) is 8.82. The molecule has 0 saturated heterocycles. The van der Waals surface area contributed by atoms with Crippen LogP contribution in [0.5, 0.6) is 5.88 Å². The number of nitrogens with zero attached hydrogens (tertiary/aromatic N) is 1. The predicted molar refractivity (Wildman–Crippen MR) is 102 cm³/mol. The van der Waals surface area contributed by atoms with E-state index in [-0.39, 0.29) is 11.7 Å². The van der Waals surface area contributed by atoms with Gasteiger partial charge >= 0.3 is 0 Å². The average Bonchev–Trinajstić information content (AvgIpc) is 2.70. The lowest BCUT2D eigenvalue weighted by Gasteiger charge is -2.08. The molecule has 2 aromatic carbocycles. The van der Waals surface area contributed by atoms with Crippen molar-refractivity contribution in [1.82, 2.24) is 10.3 Å². The molecule has 0 spiro atoms. The Morgan fingerprint density at radius 2 is 1.78 bits per heavy atom. The lowest BCUT2D eigenvalue weighted by atomic mass is 10.1. The number of amides is 1. The third kappa shape index (κ3) is 6.22. The zero-order valence-electron chi connectivity index (χ0n) is 14.9. The smallest absolute Gasteiger partial charge is 0.220 e. The van der Waals surface area contributed by atoms with Gasteiger partial charge in [0.1, 0.15) is 12.4 Å². The fourth-order valence-electron chi connectivity index (χ4n) is 2.61. The molecule has 0 radical (unpaired) electrons. The highest BCUT2D eigenvalue weighted by Crippen LogP contribution is 2.12. The van der Waals surface area contributed by atoms with Crippen LogP contribution in [0.3, 0.4) is 0 Å². The van der Waals surface area contributed by atoms with Gasteiger partial charge in [-0.25, -0.2) is 9.37 Å². The first-order chi connectivity index (χ1) is 13.2. The van der Waals surface area contributed by atoms with Crippen LogP contribution in [0.2, 0.25) is 0 Å². The maximum absolute atomic E-state index is 13.2. The van der Waals surface area contributed by atoms with E-state index in [1.165, 1.54) is 12.1 Å². The fourth-order valence-corrected chi connectivity index (χ4v) is 2.61. The highest BCUT2D eigenvalue weighted by Gasteiger charge is 2.05. The van der Waals surface area contributed by atoms with Crippen molar-refractivity contribution in [3.8, 4) is 5.88 Å². The number of carbonyl (C=O) groups excluding carboxylic acids is 1. The molecule has 27 heavy (non-hydrogen) atoms. The monoisotopic (exact) mass is 364 g/mol. The van der Waals surface area contributed by atoms with Gasteiger partial charge in [-0.3, -0.25) is 4.79 Å². The van der Waals surface area contributed by atoms with E-state index < -0.39 is 0 Å². The minimum absolute atomic E-state index is 0.0807. The minimum atomic E-state index is -0.285. The van der Waals surface area contributed by atoms with Crippen molar-refractivity contribution < 1.29 is 13.9 Å². The Bertz CT molecular complexity index is 884. The number of carbonyl (C=O) groups is 1. The van der Waals surface area contributed by atoms with Gasteiger partial charge in [-0.05, 0) is 41.3 Å². The summed E-state index contributed by atoms with van der Waals surface area (Å²) in [5.41, 5.74) is 2.79. The van der Waals surface area contributed by atoms with Crippen molar-refractivity contribution in [3.05, 3.63) is 95.4 Å². The third-order valence-corrected chi connectivity index (χ3v) is 4.05. The number of nitrogens with one attached hydrogen (secondary N) is 1. The van der Waals surface area contributed by atoms with Crippen molar-refractivity contribution in [2.75, 3.05) is 0 Å². The average molecular weight is 364 g/mol. The number of rotatable bonds is 8. The molecule has 0 aliphatic rings. The summed E-state index contributed by atoms with van der Waals surface area (Å²) in [4.78, 5) is 16.2. The SMILES string of the molecule is O=C(CCc1cccc(F)c1)NCc1ccnc(OCc2ccccc2)c1. The van der Waals surface area contributed by atoms with Crippen LogP contribution >= 0.6 is 0 Å². The maximum atomic E-state index is 13.2. The largest absolute Gasteiger partial charge is 0.473 e. The van der Waals surface area contributed by atoms with Gasteiger partial charge in [0.15, 0.2) is 0 Å². The van der Waals surface area contributed by atoms with Crippen LogP contribution in [0.4, 0.5) is 4.39 Å². The zero-order valence-corrected chi connectivity index (χ0v) is 14.9. The van der Waals surface area contributed by atoms with E-state index in [1.54, 1.807) is 12.3 Å². The first kappa shape index (κ1) is 18.6. The number of ether oxygens (including phenoxy) is 1. The molecule has 0 atom stereocenters. The molecule has 3 aromatic rings. The standard InChI is InChI=1S/C22H21FN2O2/c23-20-8-4-7-17(13-20)9-10-21(26)25-15-19-11-12-24-22(14-19)27-16-18-5-2-1-3-6-18/h1-8,11-14H,9-10,15-16H2,(H,25,26). The maximum Gasteiger partial charge on any atom is 0.220 e. The summed E-state index contributed by atoms with van der Waals surface area (Å²) in [6.45, 7) is 0.837. The minimum Gasteiger partial charge on any atom is -0.473 e. The molecule has 1 heterocycles. The topological polar surface area (TPSA) is 51.2 Å². The van der Waals surface area contributed by atoms with Crippen LogP contribution in [0.1, 0.15) is 23.1 Å². The number of aromatic nitrogens is 1.